The van der Waals surface area contributed by atoms with Gasteiger partial charge in [0, 0.05) is 55.1 Å². The Labute approximate surface area is 160 Å². The molecule has 0 amide bonds. The van der Waals surface area contributed by atoms with Crippen LogP contribution in [0.25, 0.3) is 11.1 Å². The number of aromatic nitrogens is 2. The highest BCUT2D eigenvalue weighted by Gasteiger charge is 2.35. The molecule has 0 unspecified atom stereocenters. The van der Waals surface area contributed by atoms with E-state index in [0.29, 0.717) is 23.3 Å². The minimum Gasteiger partial charge on any atom is -0.326 e. The van der Waals surface area contributed by atoms with E-state index in [0.717, 1.165) is 55.1 Å². The minimum absolute atomic E-state index is 0.0205. The van der Waals surface area contributed by atoms with Gasteiger partial charge in [-0.15, -0.1) is 0 Å². The molecular formula is C22H29N3O2. The third kappa shape index (κ3) is 3.41. The third-order valence-corrected chi connectivity index (χ3v) is 6.06. The van der Waals surface area contributed by atoms with Crippen LogP contribution in [0, 0.1) is 25.7 Å². The molecule has 1 saturated heterocycles. The highest BCUT2D eigenvalue weighted by molar-refractivity contribution is 5.63. The molecule has 1 N–H and O–H groups in total. The van der Waals surface area contributed by atoms with Gasteiger partial charge < -0.3 is 14.5 Å². The average Bonchev–Trinajstić information content (AvgIpc) is 2.58. The van der Waals surface area contributed by atoms with Crippen molar-refractivity contribution in [2.45, 2.75) is 46.6 Å². The zero-order valence-electron chi connectivity index (χ0n) is 16.7. The van der Waals surface area contributed by atoms with E-state index in [1.54, 1.807) is 6.07 Å². The lowest BCUT2D eigenvalue weighted by atomic mass is 9.82. The summed E-state index contributed by atoms with van der Waals surface area (Å²) in [5.74, 6) is 1.56. The number of nitrogens with zero attached hydrogens (tertiary/aromatic N) is 2. The van der Waals surface area contributed by atoms with Crippen molar-refractivity contribution in [1.29, 1.82) is 0 Å². The van der Waals surface area contributed by atoms with Crippen LogP contribution in [-0.2, 0) is 6.54 Å². The van der Waals surface area contributed by atoms with Crippen molar-refractivity contribution in [3.63, 3.8) is 0 Å². The lowest BCUT2D eigenvalue weighted by molar-refractivity contribution is 0.109. The second-order valence-corrected chi connectivity index (χ2v) is 8.85. The maximum absolute atomic E-state index is 12.8. The molecule has 144 valence electrons. The van der Waals surface area contributed by atoms with Gasteiger partial charge in [-0.3, -0.25) is 9.59 Å². The Morgan fingerprint density at radius 1 is 1.11 bits per heavy atom. The first-order valence-electron chi connectivity index (χ1n) is 10.00. The van der Waals surface area contributed by atoms with Crippen molar-refractivity contribution in [2.24, 2.45) is 11.8 Å². The Kier molecular flexibility index (Phi) is 4.58. The molecule has 2 aliphatic rings. The van der Waals surface area contributed by atoms with Crippen LogP contribution in [0.1, 0.15) is 43.1 Å². The Morgan fingerprint density at radius 2 is 1.89 bits per heavy atom. The van der Waals surface area contributed by atoms with Gasteiger partial charge in [-0.25, -0.2) is 0 Å². The highest BCUT2D eigenvalue weighted by Crippen LogP contribution is 2.36. The van der Waals surface area contributed by atoms with Crippen LogP contribution in [0.4, 0.5) is 0 Å². The second kappa shape index (κ2) is 6.79. The van der Waals surface area contributed by atoms with Crippen LogP contribution in [0.2, 0.25) is 0 Å². The van der Waals surface area contributed by atoms with Gasteiger partial charge in [0.2, 0.25) is 0 Å². The number of aromatic amines is 1. The Morgan fingerprint density at radius 3 is 2.63 bits per heavy atom. The molecule has 2 aromatic rings. The van der Waals surface area contributed by atoms with E-state index in [-0.39, 0.29) is 11.1 Å². The maximum atomic E-state index is 12.8. The number of rotatable bonds is 3. The monoisotopic (exact) mass is 367 g/mol. The molecule has 5 heteroatoms. The summed E-state index contributed by atoms with van der Waals surface area (Å²) >= 11 is 0. The van der Waals surface area contributed by atoms with Crippen LogP contribution in [0.5, 0.6) is 0 Å². The van der Waals surface area contributed by atoms with Crippen LogP contribution >= 0.6 is 0 Å². The molecule has 0 radical (unpaired) electrons. The molecule has 0 aromatic carbocycles. The SMILES string of the molecule is Cc1cc(-c2cc3n(c(=O)c2)C[C@H]2C[C@@H]3CN(CC(C)C)C2)c(=O)[nH]c1C. The van der Waals surface area contributed by atoms with E-state index in [4.69, 9.17) is 0 Å². The molecular weight excluding hydrogens is 338 g/mol. The first-order chi connectivity index (χ1) is 12.8. The van der Waals surface area contributed by atoms with E-state index < -0.39 is 0 Å². The first kappa shape index (κ1) is 18.2. The first-order valence-corrected chi connectivity index (χ1v) is 10.00. The summed E-state index contributed by atoms with van der Waals surface area (Å²) in [5.41, 5.74) is 4.24. The number of fused-ring (bicyclic) bond motifs is 4. The summed E-state index contributed by atoms with van der Waals surface area (Å²) in [6, 6.07) is 5.62. The van der Waals surface area contributed by atoms with Crippen LogP contribution in [-0.4, -0.2) is 34.1 Å². The molecule has 27 heavy (non-hydrogen) atoms. The van der Waals surface area contributed by atoms with E-state index in [9.17, 15) is 9.59 Å². The number of hydrogen-bond acceptors (Lipinski definition) is 3. The van der Waals surface area contributed by atoms with Gasteiger partial charge >= 0.3 is 0 Å². The predicted molar refractivity (Wildman–Crippen MR) is 108 cm³/mol. The second-order valence-electron chi connectivity index (χ2n) is 8.85. The topological polar surface area (TPSA) is 58.1 Å². The van der Waals surface area contributed by atoms with Gasteiger partial charge in [-0.1, -0.05) is 13.8 Å². The molecule has 5 nitrogen and oxygen atoms in total. The third-order valence-electron chi connectivity index (χ3n) is 6.06. The fourth-order valence-electron chi connectivity index (χ4n) is 4.82. The normalized spacial score (nSPS) is 22.1. The number of pyridine rings is 2. The standard InChI is InChI=1S/C22H29N3O2/c1-13(2)9-24-10-16-6-18(12-24)20-7-17(8-21(26)25(20)11-16)19-5-14(3)15(4)23-22(19)27/h5,7-8,13,16,18H,6,9-12H2,1-4H3,(H,23,27)/t16-,18+/m0/s1. The summed E-state index contributed by atoms with van der Waals surface area (Å²) in [4.78, 5) is 30.8. The molecule has 4 rings (SSSR count). The quantitative estimate of drug-likeness (QED) is 0.907. The lowest BCUT2D eigenvalue weighted by Gasteiger charge is -2.43. The molecule has 2 aromatic heterocycles. The van der Waals surface area contributed by atoms with E-state index in [1.165, 1.54) is 0 Å². The van der Waals surface area contributed by atoms with Gasteiger partial charge in [0.25, 0.3) is 11.1 Å². The van der Waals surface area contributed by atoms with Crippen LogP contribution in [0.15, 0.2) is 27.8 Å². The van der Waals surface area contributed by atoms with E-state index >= 15 is 0 Å². The Hall–Kier alpha value is -2.14. The van der Waals surface area contributed by atoms with Crippen molar-refractivity contribution in [3.05, 3.63) is 55.9 Å². The Bertz CT molecular complexity index is 986. The number of hydrogen-bond donors (Lipinski definition) is 1. The molecule has 0 spiro atoms. The number of nitrogens with one attached hydrogen (secondary N) is 1. The molecule has 0 aliphatic carbocycles. The maximum Gasteiger partial charge on any atom is 0.256 e. The minimum atomic E-state index is -0.124. The van der Waals surface area contributed by atoms with Crippen molar-refractivity contribution in [1.82, 2.24) is 14.5 Å². The molecule has 2 aliphatic heterocycles. The number of likely N-dealkylation sites (tertiary alicyclic amines) is 1. The zero-order chi connectivity index (χ0) is 19.3. The zero-order valence-corrected chi connectivity index (χ0v) is 16.7. The van der Waals surface area contributed by atoms with E-state index in [1.807, 2.05) is 24.5 Å². The molecule has 2 atom stereocenters. The lowest BCUT2D eigenvalue weighted by Crippen LogP contribution is -2.48. The number of piperidine rings is 1. The van der Waals surface area contributed by atoms with Gasteiger partial charge in [0.1, 0.15) is 0 Å². The summed E-state index contributed by atoms with van der Waals surface area (Å²) in [6.07, 6.45) is 1.14. The number of aryl methyl sites for hydroxylation is 2. The summed E-state index contributed by atoms with van der Waals surface area (Å²) in [6.45, 7) is 12.4. The van der Waals surface area contributed by atoms with Crippen molar-refractivity contribution >= 4 is 0 Å². The summed E-state index contributed by atoms with van der Waals surface area (Å²) < 4.78 is 1.95. The van der Waals surface area contributed by atoms with Crippen molar-refractivity contribution in [3.8, 4) is 11.1 Å². The van der Waals surface area contributed by atoms with Crippen molar-refractivity contribution < 1.29 is 0 Å². The van der Waals surface area contributed by atoms with Gasteiger partial charge in [-0.05, 0) is 55.4 Å². The van der Waals surface area contributed by atoms with Gasteiger partial charge in [0.05, 0.1) is 0 Å². The Balaban J connectivity index is 1.76. The summed E-state index contributed by atoms with van der Waals surface area (Å²) in [5, 5.41) is 0. The van der Waals surface area contributed by atoms with Crippen LogP contribution < -0.4 is 11.1 Å². The largest absolute Gasteiger partial charge is 0.326 e. The molecule has 1 fully saturated rings. The van der Waals surface area contributed by atoms with Crippen molar-refractivity contribution in [2.75, 3.05) is 19.6 Å². The van der Waals surface area contributed by atoms with E-state index in [2.05, 4.69) is 29.8 Å². The fourth-order valence-corrected chi connectivity index (χ4v) is 4.82. The highest BCUT2D eigenvalue weighted by atomic mass is 16.1. The summed E-state index contributed by atoms with van der Waals surface area (Å²) in [7, 11) is 0. The van der Waals surface area contributed by atoms with Crippen LogP contribution in [0.3, 0.4) is 0 Å². The molecule has 4 heterocycles. The smallest absolute Gasteiger partial charge is 0.256 e. The van der Waals surface area contributed by atoms with Gasteiger partial charge in [-0.2, -0.15) is 0 Å². The molecule has 0 saturated carbocycles. The number of H-pyrrole nitrogens is 1. The average molecular weight is 367 g/mol. The predicted octanol–water partition coefficient (Wildman–Crippen LogP) is 2.90. The fraction of sp³-hybridized carbons (Fsp3) is 0.545. The van der Waals surface area contributed by atoms with Gasteiger partial charge in [0.15, 0.2) is 0 Å². The molecule has 2 bridgehead atoms.